The van der Waals surface area contributed by atoms with Crippen LogP contribution in [0.15, 0.2) is 11.1 Å². The van der Waals surface area contributed by atoms with Crippen molar-refractivity contribution in [3.05, 3.63) is 11.1 Å². The summed E-state index contributed by atoms with van der Waals surface area (Å²) in [4.78, 5) is 13.4. The minimum absolute atomic E-state index is 0.0431. The molecule has 2 N–H and O–H groups in total. The van der Waals surface area contributed by atoms with E-state index in [1.54, 1.807) is 0 Å². The van der Waals surface area contributed by atoms with Crippen molar-refractivity contribution in [2.45, 2.75) is 85.7 Å². The number of Topliss-reactive ketones (excluding diaryl/α,β-unsaturated/α-hetero) is 1. The van der Waals surface area contributed by atoms with Crippen molar-refractivity contribution in [3.8, 4) is 0 Å². The molecule has 0 aromatic heterocycles. The highest BCUT2D eigenvalue weighted by atomic mass is 16.7. The lowest BCUT2D eigenvalue weighted by atomic mass is 9.51. The summed E-state index contributed by atoms with van der Waals surface area (Å²) >= 11 is 0. The van der Waals surface area contributed by atoms with Crippen LogP contribution in [-0.2, 0) is 9.53 Å². The van der Waals surface area contributed by atoms with Gasteiger partial charge in [0, 0.05) is 11.8 Å². The average molecular weight is 350 g/mol. The molecule has 0 saturated heterocycles. The molecule has 2 saturated carbocycles. The molecule has 0 aromatic rings. The highest BCUT2D eigenvalue weighted by Gasteiger charge is 2.53. The first-order valence-electron chi connectivity index (χ1n) is 9.82. The lowest BCUT2D eigenvalue weighted by Gasteiger charge is -2.53. The molecule has 5 atom stereocenters. The van der Waals surface area contributed by atoms with E-state index >= 15 is 0 Å². The van der Waals surface area contributed by atoms with Gasteiger partial charge in [0.25, 0.3) is 6.48 Å². The predicted molar refractivity (Wildman–Crippen MR) is 96.5 cm³/mol. The fourth-order valence-corrected chi connectivity index (χ4v) is 6.05. The van der Waals surface area contributed by atoms with Crippen molar-refractivity contribution in [1.29, 1.82) is 0 Å². The third-order valence-electron chi connectivity index (χ3n) is 7.92. The van der Waals surface area contributed by atoms with Gasteiger partial charge in [-0.1, -0.05) is 46.1 Å². The van der Waals surface area contributed by atoms with Crippen LogP contribution in [-0.4, -0.2) is 28.6 Å². The van der Waals surface area contributed by atoms with Gasteiger partial charge in [-0.25, -0.2) is 0 Å². The van der Waals surface area contributed by atoms with Crippen molar-refractivity contribution in [2.24, 2.45) is 28.6 Å². The van der Waals surface area contributed by atoms with Gasteiger partial charge in [0.05, 0.1) is 6.10 Å². The first-order chi connectivity index (χ1) is 11.6. The molecule has 0 heterocycles. The van der Waals surface area contributed by atoms with Crippen LogP contribution in [0.2, 0.25) is 0 Å². The maximum Gasteiger partial charge on any atom is 0.267 e. The van der Waals surface area contributed by atoms with Crippen molar-refractivity contribution in [2.75, 3.05) is 0 Å². The van der Waals surface area contributed by atoms with E-state index in [9.17, 15) is 15.0 Å². The molecule has 25 heavy (non-hydrogen) atoms. The van der Waals surface area contributed by atoms with E-state index in [1.807, 2.05) is 6.92 Å². The first kappa shape index (κ1) is 19.1. The summed E-state index contributed by atoms with van der Waals surface area (Å²) in [7, 11) is 0. The van der Waals surface area contributed by atoms with Gasteiger partial charge in [-0.3, -0.25) is 4.79 Å². The molecule has 3 aliphatic carbocycles. The highest BCUT2D eigenvalue weighted by molar-refractivity contribution is 5.87. The standard InChI is InChI=1S/C21H34O4/c1-12-7-6-8-21(5)15(12)9-14-10-17(25-19(23)24)13(2)16(11-18(21)22)20(14,3)4/h12,14-15,17,19,23-24H,6-11H2,1-5H3/t12-,14-,15-,17-,21-/m1/s1. The number of carbonyl (C=O) groups is 1. The van der Waals surface area contributed by atoms with Crippen LogP contribution in [0.25, 0.3) is 0 Å². The van der Waals surface area contributed by atoms with Gasteiger partial charge in [-0.2, -0.15) is 0 Å². The summed E-state index contributed by atoms with van der Waals surface area (Å²) in [5.74, 6) is 1.75. The second-order valence-electron chi connectivity index (χ2n) is 9.50. The molecule has 4 heteroatoms. The molecule has 0 amide bonds. The average Bonchev–Trinajstić information content (AvgIpc) is 2.50. The number of hydrogen-bond acceptors (Lipinski definition) is 4. The van der Waals surface area contributed by atoms with Crippen LogP contribution in [0.5, 0.6) is 0 Å². The number of ketones is 1. The number of aliphatic hydroxyl groups is 2. The van der Waals surface area contributed by atoms with Crippen molar-refractivity contribution in [3.63, 3.8) is 0 Å². The van der Waals surface area contributed by atoms with Gasteiger partial charge in [0.2, 0.25) is 0 Å². The van der Waals surface area contributed by atoms with E-state index in [2.05, 4.69) is 27.7 Å². The molecule has 0 spiro atoms. The van der Waals surface area contributed by atoms with Crippen LogP contribution in [0.1, 0.15) is 73.1 Å². The molecule has 0 aromatic carbocycles. The zero-order chi connectivity index (χ0) is 18.6. The summed E-state index contributed by atoms with van der Waals surface area (Å²) in [6.07, 6.45) is 5.37. The zero-order valence-corrected chi connectivity index (χ0v) is 16.3. The number of allylic oxidation sites excluding steroid dienone is 1. The van der Waals surface area contributed by atoms with Crippen LogP contribution in [0.4, 0.5) is 0 Å². The zero-order valence-electron chi connectivity index (χ0n) is 16.3. The third-order valence-corrected chi connectivity index (χ3v) is 7.92. The van der Waals surface area contributed by atoms with Gasteiger partial charge in [0.15, 0.2) is 0 Å². The molecular weight excluding hydrogens is 316 g/mol. The molecular formula is C21H34O4. The summed E-state index contributed by atoms with van der Waals surface area (Å²) < 4.78 is 5.39. The Morgan fingerprint density at radius 3 is 2.52 bits per heavy atom. The molecule has 0 aliphatic heterocycles. The Labute approximate surface area is 151 Å². The number of carbonyl (C=O) groups excluding carboxylic acids is 1. The van der Waals surface area contributed by atoms with Gasteiger partial charge in [-0.15, -0.1) is 0 Å². The maximum absolute atomic E-state index is 13.4. The molecule has 3 rings (SSSR count). The van der Waals surface area contributed by atoms with Crippen molar-refractivity contribution in [1.82, 2.24) is 0 Å². The maximum atomic E-state index is 13.4. The summed E-state index contributed by atoms with van der Waals surface area (Å²) in [6, 6.07) is 0. The fraction of sp³-hybridized carbons (Fsp3) is 0.857. The van der Waals surface area contributed by atoms with E-state index in [0.29, 0.717) is 30.0 Å². The molecule has 2 bridgehead atoms. The third kappa shape index (κ3) is 3.11. The van der Waals surface area contributed by atoms with Crippen LogP contribution >= 0.6 is 0 Å². The first-order valence-corrected chi connectivity index (χ1v) is 9.82. The van der Waals surface area contributed by atoms with Gasteiger partial charge < -0.3 is 14.9 Å². The number of rotatable bonds is 2. The van der Waals surface area contributed by atoms with Crippen LogP contribution < -0.4 is 0 Å². The van der Waals surface area contributed by atoms with Crippen molar-refractivity contribution < 1.29 is 19.7 Å². The van der Waals surface area contributed by atoms with E-state index in [0.717, 1.165) is 36.8 Å². The van der Waals surface area contributed by atoms with Gasteiger partial charge >= 0.3 is 0 Å². The van der Waals surface area contributed by atoms with Gasteiger partial charge in [-0.05, 0) is 54.9 Å². The summed E-state index contributed by atoms with van der Waals surface area (Å²) in [5.41, 5.74) is 1.94. The monoisotopic (exact) mass is 350 g/mol. The second-order valence-corrected chi connectivity index (χ2v) is 9.50. The SMILES string of the molecule is CC1=C2CC(=O)[C@]3(C)CCC[C@@H](C)[C@H]3C[C@H](C[C@H]1OC(O)O)C2(C)C. The lowest BCUT2D eigenvalue weighted by Crippen LogP contribution is -2.50. The Bertz CT molecular complexity index is 576. The Hall–Kier alpha value is -0.710. The van der Waals surface area contributed by atoms with E-state index in [4.69, 9.17) is 4.74 Å². The Balaban J connectivity index is 2.05. The van der Waals surface area contributed by atoms with Gasteiger partial charge in [0.1, 0.15) is 5.78 Å². The van der Waals surface area contributed by atoms with E-state index in [-0.39, 0.29) is 16.9 Å². The number of hydrogen-bond donors (Lipinski definition) is 2. The normalized spacial score (nSPS) is 41.4. The molecule has 3 aliphatic rings. The van der Waals surface area contributed by atoms with Crippen LogP contribution in [0.3, 0.4) is 0 Å². The molecule has 4 nitrogen and oxygen atoms in total. The minimum atomic E-state index is -1.76. The number of ether oxygens (including phenoxy) is 1. The summed E-state index contributed by atoms with van der Waals surface area (Å²) in [5, 5.41) is 18.6. The largest absolute Gasteiger partial charge is 0.346 e. The Kier molecular flexibility index (Phi) is 4.93. The Morgan fingerprint density at radius 2 is 1.88 bits per heavy atom. The topological polar surface area (TPSA) is 66.8 Å². The quantitative estimate of drug-likeness (QED) is 0.587. The van der Waals surface area contributed by atoms with Crippen molar-refractivity contribution >= 4 is 5.78 Å². The molecule has 142 valence electrons. The number of aliphatic hydroxyl groups excluding tert-OH is 1. The molecule has 2 fully saturated rings. The second kappa shape index (κ2) is 6.47. The lowest BCUT2D eigenvalue weighted by molar-refractivity contribution is -0.254. The fourth-order valence-electron chi connectivity index (χ4n) is 6.05. The van der Waals surface area contributed by atoms with E-state index < -0.39 is 6.48 Å². The number of fused-ring (bicyclic) bond motifs is 3. The molecule has 0 unspecified atom stereocenters. The minimum Gasteiger partial charge on any atom is -0.346 e. The Morgan fingerprint density at radius 1 is 1.20 bits per heavy atom. The summed E-state index contributed by atoms with van der Waals surface area (Å²) in [6.45, 7) is 9.25. The smallest absolute Gasteiger partial charge is 0.267 e. The van der Waals surface area contributed by atoms with E-state index in [1.165, 1.54) is 6.42 Å². The highest BCUT2D eigenvalue weighted by Crippen LogP contribution is 2.57. The predicted octanol–water partition coefficient (Wildman–Crippen LogP) is 3.81. The van der Waals surface area contributed by atoms with Crippen LogP contribution in [0, 0.1) is 28.6 Å². The molecule has 0 radical (unpaired) electrons.